The average molecular weight is 284 g/mol. The number of carbonyl (C=O) groups is 1. The molecule has 7 heteroatoms. The van der Waals surface area contributed by atoms with E-state index in [0.717, 1.165) is 0 Å². The Morgan fingerprint density at radius 1 is 1.37 bits per heavy atom. The van der Waals surface area contributed by atoms with Crippen LogP contribution in [0.1, 0.15) is 20.8 Å². The van der Waals surface area contributed by atoms with Crippen molar-refractivity contribution >= 4 is 21.6 Å². The van der Waals surface area contributed by atoms with Crippen molar-refractivity contribution in [3.63, 3.8) is 0 Å². The van der Waals surface area contributed by atoms with Crippen LogP contribution in [-0.4, -0.2) is 26.5 Å². The molecule has 1 atom stereocenters. The zero-order valence-electron chi connectivity index (χ0n) is 10.9. The van der Waals surface area contributed by atoms with Gasteiger partial charge in [-0.25, -0.2) is 13.1 Å². The van der Waals surface area contributed by atoms with E-state index in [1.165, 1.54) is 12.1 Å². The van der Waals surface area contributed by atoms with Gasteiger partial charge in [0.1, 0.15) is 5.75 Å². The summed E-state index contributed by atoms with van der Waals surface area (Å²) in [6, 6.07) is 4.18. The van der Waals surface area contributed by atoms with Crippen LogP contribution < -0.4 is 14.8 Å². The van der Waals surface area contributed by atoms with Gasteiger partial charge in [-0.05, 0) is 39.0 Å². The molecular formula is C12H16N2O4S. The van der Waals surface area contributed by atoms with Crippen molar-refractivity contribution in [1.29, 1.82) is 0 Å². The molecule has 0 aromatic heterocycles. The Bertz CT molecular complexity index is 610. The molecule has 19 heavy (non-hydrogen) atoms. The van der Waals surface area contributed by atoms with Crippen LogP contribution in [0.4, 0.5) is 5.69 Å². The van der Waals surface area contributed by atoms with E-state index in [9.17, 15) is 13.2 Å². The minimum Gasteiger partial charge on any atom is -0.479 e. The van der Waals surface area contributed by atoms with Gasteiger partial charge in [-0.2, -0.15) is 0 Å². The van der Waals surface area contributed by atoms with Crippen molar-refractivity contribution in [1.82, 2.24) is 4.72 Å². The van der Waals surface area contributed by atoms with Gasteiger partial charge in [0.2, 0.25) is 10.0 Å². The van der Waals surface area contributed by atoms with Crippen LogP contribution in [0, 0.1) is 0 Å². The fourth-order valence-electron chi connectivity index (χ4n) is 1.73. The van der Waals surface area contributed by atoms with E-state index in [4.69, 9.17) is 4.74 Å². The summed E-state index contributed by atoms with van der Waals surface area (Å²) < 4.78 is 31.9. The summed E-state index contributed by atoms with van der Waals surface area (Å²) in [6.45, 7) is 5.11. The maximum atomic E-state index is 12.0. The Morgan fingerprint density at radius 3 is 2.68 bits per heavy atom. The van der Waals surface area contributed by atoms with Crippen molar-refractivity contribution < 1.29 is 17.9 Å². The van der Waals surface area contributed by atoms with Gasteiger partial charge in [-0.3, -0.25) is 4.79 Å². The van der Waals surface area contributed by atoms with Crippen LogP contribution in [-0.2, 0) is 14.8 Å². The van der Waals surface area contributed by atoms with Crippen LogP contribution >= 0.6 is 0 Å². The van der Waals surface area contributed by atoms with Crippen LogP contribution in [0.5, 0.6) is 5.75 Å². The quantitative estimate of drug-likeness (QED) is 0.870. The van der Waals surface area contributed by atoms with Crippen LogP contribution in [0.2, 0.25) is 0 Å². The van der Waals surface area contributed by atoms with Gasteiger partial charge in [0.25, 0.3) is 5.91 Å². The zero-order chi connectivity index (χ0) is 14.2. The molecule has 1 heterocycles. The molecule has 0 unspecified atom stereocenters. The number of anilines is 1. The summed E-state index contributed by atoms with van der Waals surface area (Å²) in [6.07, 6.45) is -0.580. The lowest BCUT2D eigenvalue weighted by atomic mass is 10.2. The molecule has 1 amide bonds. The second-order valence-corrected chi connectivity index (χ2v) is 6.40. The highest BCUT2D eigenvalue weighted by Crippen LogP contribution is 2.31. The molecule has 0 spiro atoms. The number of ether oxygens (including phenoxy) is 1. The molecule has 0 saturated carbocycles. The van der Waals surface area contributed by atoms with Crippen molar-refractivity contribution in [2.75, 3.05) is 5.32 Å². The van der Waals surface area contributed by atoms with Crippen LogP contribution in [0.3, 0.4) is 0 Å². The monoisotopic (exact) mass is 284 g/mol. The number of nitrogens with one attached hydrogen (secondary N) is 2. The number of rotatable bonds is 3. The largest absolute Gasteiger partial charge is 0.479 e. The molecule has 0 bridgehead atoms. The molecule has 0 fully saturated rings. The van der Waals surface area contributed by atoms with E-state index in [0.29, 0.717) is 11.4 Å². The summed E-state index contributed by atoms with van der Waals surface area (Å²) >= 11 is 0. The van der Waals surface area contributed by atoms with Crippen molar-refractivity contribution in [3.8, 4) is 5.75 Å². The Balaban J connectivity index is 2.37. The summed E-state index contributed by atoms with van der Waals surface area (Å²) in [5.74, 6) is 0.175. The fourth-order valence-corrected chi connectivity index (χ4v) is 3.01. The molecule has 2 rings (SSSR count). The molecule has 0 aliphatic carbocycles. The third kappa shape index (κ3) is 2.87. The van der Waals surface area contributed by atoms with E-state index in [1.54, 1.807) is 26.8 Å². The van der Waals surface area contributed by atoms with Gasteiger partial charge in [0.05, 0.1) is 10.6 Å². The molecule has 2 N–H and O–H groups in total. The smallest absolute Gasteiger partial charge is 0.265 e. The van der Waals surface area contributed by atoms with Gasteiger partial charge in [0.15, 0.2) is 6.10 Å². The standard InChI is InChI=1S/C12H16N2O4S/c1-7(2)14-19(16,17)9-4-5-11-10(6-9)13-12(15)8(3)18-11/h4-8,14H,1-3H3,(H,13,15)/t8-/m0/s1. The molecule has 104 valence electrons. The maximum absolute atomic E-state index is 12.0. The lowest BCUT2D eigenvalue weighted by Crippen LogP contribution is -2.35. The van der Waals surface area contributed by atoms with Crippen LogP contribution in [0.15, 0.2) is 23.1 Å². The Hall–Kier alpha value is -1.60. The minimum absolute atomic E-state index is 0.0957. The highest BCUT2D eigenvalue weighted by atomic mass is 32.2. The molecule has 1 aliphatic rings. The number of benzene rings is 1. The van der Waals surface area contributed by atoms with Gasteiger partial charge < -0.3 is 10.1 Å². The summed E-state index contributed by atoms with van der Waals surface area (Å²) in [5.41, 5.74) is 0.370. The summed E-state index contributed by atoms with van der Waals surface area (Å²) in [7, 11) is -3.58. The predicted molar refractivity (Wildman–Crippen MR) is 70.6 cm³/mol. The molecule has 1 aliphatic heterocycles. The molecule has 1 aromatic rings. The Kier molecular flexibility index (Phi) is 3.51. The lowest BCUT2D eigenvalue weighted by molar-refractivity contribution is -0.122. The van der Waals surface area contributed by atoms with Gasteiger partial charge >= 0.3 is 0 Å². The minimum atomic E-state index is -3.58. The first-order valence-electron chi connectivity index (χ1n) is 5.93. The Labute approximate surface area is 112 Å². The van der Waals surface area contributed by atoms with E-state index >= 15 is 0 Å². The van der Waals surface area contributed by atoms with Gasteiger partial charge in [-0.1, -0.05) is 0 Å². The Morgan fingerprint density at radius 2 is 2.05 bits per heavy atom. The molecule has 0 saturated heterocycles. The second-order valence-electron chi connectivity index (χ2n) is 4.68. The number of sulfonamides is 1. The third-order valence-corrected chi connectivity index (χ3v) is 4.24. The van der Waals surface area contributed by atoms with Gasteiger partial charge in [0, 0.05) is 6.04 Å². The first-order chi connectivity index (χ1) is 8.79. The van der Waals surface area contributed by atoms with Crippen molar-refractivity contribution in [2.24, 2.45) is 0 Å². The lowest BCUT2D eigenvalue weighted by Gasteiger charge is -2.23. The van der Waals surface area contributed by atoms with Crippen molar-refractivity contribution in [3.05, 3.63) is 18.2 Å². The third-order valence-electron chi connectivity index (χ3n) is 2.58. The highest BCUT2D eigenvalue weighted by Gasteiger charge is 2.25. The average Bonchev–Trinajstić information content (AvgIpc) is 2.28. The van der Waals surface area contributed by atoms with E-state index in [-0.39, 0.29) is 16.8 Å². The zero-order valence-corrected chi connectivity index (χ0v) is 11.7. The van der Waals surface area contributed by atoms with Gasteiger partial charge in [-0.15, -0.1) is 0 Å². The maximum Gasteiger partial charge on any atom is 0.265 e. The molecular weight excluding hydrogens is 268 g/mol. The normalized spacial score (nSPS) is 18.7. The first-order valence-corrected chi connectivity index (χ1v) is 7.42. The van der Waals surface area contributed by atoms with Crippen molar-refractivity contribution in [2.45, 2.75) is 37.8 Å². The van der Waals surface area contributed by atoms with E-state index in [1.807, 2.05) is 0 Å². The number of hydrogen-bond donors (Lipinski definition) is 2. The number of hydrogen-bond acceptors (Lipinski definition) is 4. The number of fused-ring (bicyclic) bond motifs is 1. The molecule has 6 nitrogen and oxygen atoms in total. The molecule has 1 aromatic carbocycles. The first kappa shape index (κ1) is 13.8. The van der Waals surface area contributed by atoms with E-state index < -0.39 is 16.1 Å². The van der Waals surface area contributed by atoms with Crippen LogP contribution in [0.25, 0.3) is 0 Å². The fraction of sp³-hybridized carbons (Fsp3) is 0.417. The number of carbonyl (C=O) groups excluding carboxylic acids is 1. The molecule has 0 radical (unpaired) electrons. The topological polar surface area (TPSA) is 84.5 Å². The SMILES string of the molecule is CC(C)NS(=O)(=O)c1ccc2c(c1)NC(=O)[C@H](C)O2. The second kappa shape index (κ2) is 4.82. The highest BCUT2D eigenvalue weighted by molar-refractivity contribution is 7.89. The summed E-state index contributed by atoms with van der Waals surface area (Å²) in [5, 5.41) is 2.62. The summed E-state index contributed by atoms with van der Waals surface area (Å²) in [4.78, 5) is 11.6. The number of amides is 1. The predicted octanol–water partition coefficient (Wildman–Crippen LogP) is 1.09. The van der Waals surface area contributed by atoms with E-state index in [2.05, 4.69) is 10.0 Å².